The summed E-state index contributed by atoms with van der Waals surface area (Å²) < 4.78 is 18.9. The van der Waals surface area contributed by atoms with Crippen molar-refractivity contribution in [1.29, 1.82) is 0 Å². The molecule has 0 bridgehead atoms. The number of hydrogen-bond donors (Lipinski definition) is 0. The van der Waals surface area contributed by atoms with Gasteiger partial charge in [0.05, 0.1) is 21.4 Å². The van der Waals surface area contributed by atoms with E-state index in [-0.39, 0.29) is 5.02 Å². The average molecular weight is 314 g/mol. The highest BCUT2D eigenvalue weighted by atomic mass is 35.5. The van der Waals surface area contributed by atoms with E-state index in [1.165, 1.54) is 12.1 Å². The van der Waals surface area contributed by atoms with Crippen molar-refractivity contribution in [2.45, 2.75) is 6.92 Å². The highest BCUT2D eigenvalue weighted by Gasteiger charge is 2.12. The first kappa shape index (κ1) is 13.2. The SMILES string of the molecule is Cc1ccc2oc(=O)c3cc4cc(F)c(Cl)cc4nc3c2c1. The molecule has 2 heterocycles. The van der Waals surface area contributed by atoms with E-state index in [1.807, 2.05) is 19.1 Å². The zero-order valence-electron chi connectivity index (χ0n) is 11.5. The molecule has 0 saturated heterocycles. The summed E-state index contributed by atoms with van der Waals surface area (Å²) in [7, 11) is 0. The second-order valence-electron chi connectivity index (χ2n) is 5.23. The molecule has 0 radical (unpaired) electrons. The number of hydrogen-bond acceptors (Lipinski definition) is 3. The molecule has 0 N–H and O–H groups in total. The molecule has 0 aliphatic carbocycles. The van der Waals surface area contributed by atoms with Crippen molar-refractivity contribution >= 4 is 44.4 Å². The Morgan fingerprint density at radius 2 is 1.95 bits per heavy atom. The average Bonchev–Trinajstić information content (AvgIpc) is 2.48. The van der Waals surface area contributed by atoms with Crippen LogP contribution >= 0.6 is 11.6 Å². The minimum atomic E-state index is -0.545. The Morgan fingerprint density at radius 3 is 2.77 bits per heavy atom. The van der Waals surface area contributed by atoms with Gasteiger partial charge < -0.3 is 4.42 Å². The third kappa shape index (κ3) is 1.88. The molecule has 0 unspecified atom stereocenters. The Morgan fingerprint density at radius 1 is 1.14 bits per heavy atom. The second-order valence-corrected chi connectivity index (χ2v) is 5.64. The molecule has 0 aliphatic rings. The molecule has 0 saturated carbocycles. The van der Waals surface area contributed by atoms with E-state index < -0.39 is 11.4 Å². The van der Waals surface area contributed by atoms with E-state index in [1.54, 1.807) is 12.1 Å². The number of fused-ring (bicyclic) bond motifs is 4. The Kier molecular flexibility index (Phi) is 2.71. The van der Waals surface area contributed by atoms with Gasteiger partial charge in [0.25, 0.3) is 0 Å². The van der Waals surface area contributed by atoms with Gasteiger partial charge in [0, 0.05) is 10.8 Å². The monoisotopic (exact) mass is 313 g/mol. The second kappa shape index (κ2) is 4.52. The van der Waals surface area contributed by atoms with E-state index in [2.05, 4.69) is 4.98 Å². The quantitative estimate of drug-likeness (QED) is 0.271. The third-order valence-corrected chi connectivity index (χ3v) is 3.96. The highest BCUT2D eigenvalue weighted by Crippen LogP contribution is 2.28. The van der Waals surface area contributed by atoms with Gasteiger partial charge in [-0.2, -0.15) is 0 Å². The molecule has 22 heavy (non-hydrogen) atoms. The molecule has 4 rings (SSSR count). The van der Waals surface area contributed by atoms with Crippen molar-refractivity contribution in [3.8, 4) is 0 Å². The van der Waals surface area contributed by atoms with Crippen molar-refractivity contribution in [2.75, 3.05) is 0 Å². The van der Waals surface area contributed by atoms with Gasteiger partial charge in [-0.1, -0.05) is 23.2 Å². The molecule has 4 aromatic rings. The molecule has 5 heteroatoms. The number of aromatic nitrogens is 1. The van der Waals surface area contributed by atoms with E-state index >= 15 is 0 Å². The lowest BCUT2D eigenvalue weighted by atomic mass is 10.1. The van der Waals surface area contributed by atoms with Crippen LogP contribution in [-0.2, 0) is 0 Å². The van der Waals surface area contributed by atoms with Crippen molar-refractivity contribution in [2.24, 2.45) is 0 Å². The smallest absolute Gasteiger partial charge is 0.345 e. The maximum Gasteiger partial charge on any atom is 0.345 e. The molecule has 0 atom stereocenters. The summed E-state index contributed by atoms with van der Waals surface area (Å²) in [5.41, 5.74) is 2.08. The first-order valence-corrected chi connectivity index (χ1v) is 7.04. The van der Waals surface area contributed by atoms with Crippen molar-refractivity contribution in [3.05, 3.63) is 63.2 Å². The fraction of sp³-hybridized carbons (Fsp3) is 0.0588. The highest BCUT2D eigenvalue weighted by molar-refractivity contribution is 6.31. The van der Waals surface area contributed by atoms with Crippen LogP contribution in [0.15, 0.2) is 45.6 Å². The molecule has 0 fully saturated rings. The Hall–Kier alpha value is -2.46. The van der Waals surface area contributed by atoms with Gasteiger partial charge in [0.2, 0.25) is 0 Å². The molecule has 108 valence electrons. The summed E-state index contributed by atoms with van der Waals surface area (Å²) in [6.07, 6.45) is 0. The summed E-state index contributed by atoms with van der Waals surface area (Å²) in [5, 5.41) is 1.58. The summed E-state index contributed by atoms with van der Waals surface area (Å²) >= 11 is 5.82. The van der Waals surface area contributed by atoms with Gasteiger partial charge in [0.1, 0.15) is 11.4 Å². The Balaban J connectivity index is 2.27. The van der Waals surface area contributed by atoms with Crippen molar-refractivity contribution in [1.82, 2.24) is 4.98 Å². The zero-order chi connectivity index (χ0) is 15.4. The molecule has 0 spiro atoms. The predicted molar refractivity (Wildman–Crippen MR) is 85.0 cm³/mol. The minimum Gasteiger partial charge on any atom is -0.422 e. The number of pyridine rings is 1. The van der Waals surface area contributed by atoms with Crippen molar-refractivity contribution in [3.63, 3.8) is 0 Å². The van der Waals surface area contributed by atoms with Gasteiger partial charge in [-0.05, 0) is 37.3 Å². The fourth-order valence-corrected chi connectivity index (χ4v) is 2.76. The van der Waals surface area contributed by atoms with Crippen LogP contribution in [0.1, 0.15) is 5.56 Å². The van der Waals surface area contributed by atoms with Crippen molar-refractivity contribution < 1.29 is 8.81 Å². The Labute approximate surface area is 128 Å². The maximum absolute atomic E-state index is 13.6. The first-order chi connectivity index (χ1) is 10.5. The summed E-state index contributed by atoms with van der Waals surface area (Å²) in [4.78, 5) is 16.6. The summed E-state index contributed by atoms with van der Waals surface area (Å²) in [6.45, 7) is 1.95. The van der Waals surface area contributed by atoms with Crippen LogP contribution in [0.4, 0.5) is 4.39 Å². The normalized spacial score (nSPS) is 11.6. The topological polar surface area (TPSA) is 43.1 Å². The number of benzene rings is 2. The van der Waals surface area contributed by atoms with Crippen LogP contribution in [0, 0.1) is 12.7 Å². The van der Waals surface area contributed by atoms with E-state index in [4.69, 9.17) is 16.0 Å². The Bertz CT molecular complexity index is 1130. The number of aryl methyl sites for hydroxylation is 1. The third-order valence-electron chi connectivity index (χ3n) is 3.67. The number of halogens is 2. The fourth-order valence-electron chi connectivity index (χ4n) is 2.60. The molecule has 3 nitrogen and oxygen atoms in total. The van der Waals surface area contributed by atoms with Gasteiger partial charge in [-0.25, -0.2) is 14.2 Å². The molecule has 0 amide bonds. The van der Waals surface area contributed by atoms with Gasteiger partial charge in [-0.3, -0.25) is 0 Å². The minimum absolute atomic E-state index is 0.00259. The molecular formula is C17H9ClFNO2. The lowest BCUT2D eigenvalue weighted by molar-refractivity contribution is 0.569. The van der Waals surface area contributed by atoms with Crippen LogP contribution in [0.3, 0.4) is 0 Å². The summed E-state index contributed by atoms with van der Waals surface area (Å²) in [6, 6.07) is 9.83. The summed E-state index contributed by atoms with van der Waals surface area (Å²) in [5.74, 6) is -0.545. The van der Waals surface area contributed by atoms with Gasteiger partial charge >= 0.3 is 5.63 Å². The molecule has 2 aromatic carbocycles. The lowest BCUT2D eigenvalue weighted by Gasteiger charge is -2.06. The van der Waals surface area contributed by atoms with Crippen LogP contribution in [0.5, 0.6) is 0 Å². The van der Waals surface area contributed by atoms with Crippen LogP contribution < -0.4 is 5.63 Å². The van der Waals surface area contributed by atoms with Crippen LogP contribution in [-0.4, -0.2) is 4.98 Å². The van der Waals surface area contributed by atoms with E-state index in [0.29, 0.717) is 27.4 Å². The number of nitrogens with zero attached hydrogens (tertiary/aromatic N) is 1. The van der Waals surface area contributed by atoms with Gasteiger partial charge in [-0.15, -0.1) is 0 Å². The first-order valence-electron chi connectivity index (χ1n) is 6.66. The number of rotatable bonds is 0. The van der Waals surface area contributed by atoms with E-state index in [9.17, 15) is 9.18 Å². The maximum atomic E-state index is 13.6. The predicted octanol–water partition coefficient (Wildman–Crippen LogP) is 4.60. The van der Waals surface area contributed by atoms with Crippen LogP contribution in [0.2, 0.25) is 5.02 Å². The standard InChI is InChI=1S/C17H9ClFNO2/c1-8-2-3-15-10(4-8)16-11(17(21)22-15)5-9-6-13(19)12(18)7-14(9)20-16/h2-7H,1H3. The largest absolute Gasteiger partial charge is 0.422 e. The van der Waals surface area contributed by atoms with E-state index in [0.717, 1.165) is 10.9 Å². The molecule has 0 aliphatic heterocycles. The van der Waals surface area contributed by atoms with Crippen LogP contribution in [0.25, 0.3) is 32.8 Å². The zero-order valence-corrected chi connectivity index (χ0v) is 12.2. The lowest BCUT2D eigenvalue weighted by Crippen LogP contribution is -2.01. The van der Waals surface area contributed by atoms with Gasteiger partial charge in [0.15, 0.2) is 0 Å². The molecular weight excluding hydrogens is 305 g/mol. The molecule has 2 aromatic heterocycles.